The van der Waals surface area contributed by atoms with Crippen LogP contribution >= 0.6 is 12.6 Å². The van der Waals surface area contributed by atoms with Gasteiger partial charge in [-0.3, -0.25) is 0 Å². The second kappa shape index (κ2) is 8.03. The molecule has 0 bridgehead atoms. The summed E-state index contributed by atoms with van der Waals surface area (Å²) in [7, 11) is 0. The Kier molecular flexibility index (Phi) is 6.65. The minimum atomic E-state index is -0.376. The molecule has 0 fully saturated rings. The lowest BCUT2D eigenvalue weighted by atomic mass is 10.1. The van der Waals surface area contributed by atoms with Gasteiger partial charge in [-0.25, -0.2) is 4.79 Å². The van der Waals surface area contributed by atoms with Crippen molar-refractivity contribution < 1.29 is 9.53 Å². The van der Waals surface area contributed by atoms with E-state index in [0.29, 0.717) is 18.3 Å². The Morgan fingerprint density at radius 1 is 1.33 bits per heavy atom. The molecule has 0 aromatic heterocycles. The van der Waals surface area contributed by atoms with Crippen LogP contribution in [0.2, 0.25) is 0 Å². The van der Waals surface area contributed by atoms with Crippen molar-refractivity contribution in [3.05, 3.63) is 35.9 Å². The molecule has 0 saturated heterocycles. The van der Waals surface area contributed by atoms with Crippen molar-refractivity contribution in [2.24, 2.45) is 5.92 Å². The molecule has 0 heterocycles. The fourth-order valence-corrected chi connectivity index (χ4v) is 1.92. The van der Waals surface area contributed by atoms with Crippen molar-refractivity contribution in [3.63, 3.8) is 0 Å². The van der Waals surface area contributed by atoms with E-state index < -0.39 is 0 Å². The zero-order valence-electron chi connectivity index (χ0n) is 10.9. The number of ether oxygens (including phenoxy) is 1. The van der Waals surface area contributed by atoms with Gasteiger partial charge >= 0.3 is 6.09 Å². The molecule has 18 heavy (non-hydrogen) atoms. The van der Waals surface area contributed by atoms with Gasteiger partial charge in [-0.15, -0.1) is 0 Å². The van der Waals surface area contributed by atoms with Crippen molar-refractivity contribution in [1.82, 2.24) is 5.32 Å². The first-order valence-electron chi connectivity index (χ1n) is 6.20. The first-order chi connectivity index (χ1) is 8.61. The molecule has 0 radical (unpaired) electrons. The number of rotatable bonds is 6. The Labute approximate surface area is 114 Å². The maximum Gasteiger partial charge on any atom is 0.407 e. The molecule has 0 spiro atoms. The van der Waals surface area contributed by atoms with Crippen LogP contribution in [0.15, 0.2) is 30.3 Å². The SMILES string of the molecule is CC(C)C[C@@H](CS)NC(=O)OCc1ccccc1. The van der Waals surface area contributed by atoms with Crippen molar-refractivity contribution in [3.8, 4) is 0 Å². The van der Waals surface area contributed by atoms with Gasteiger partial charge in [0.25, 0.3) is 0 Å². The van der Waals surface area contributed by atoms with Crippen molar-refractivity contribution in [2.75, 3.05) is 5.75 Å². The van der Waals surface area contributed by atoms with Gasteiger partial charge in [0.05, 0.1) is 0 Å². The molecule has 0 aliphatic heterocycles. The third kappa shape index (κ3) is 5.96. The average Bonchev–Trinajstić information content (AvgIpc) is 2.36. The molecule has 0 aliphatic carbocycles. The van der Waals surface area contributed by atoms with Crippen molar-refractivity contribution in [1.29, 1.82) is 0 Å². The third-order valence-electron chi connectivity index (χ3n) is 2.51. The molecule has 0 aliphatic rings. The topological polar surface area (TPSA) is 38.3 Å². The summed E-state index contributed by atoms with van der Waals surface area (Å²) in [5, 5.41) is 2.83. The second-order valence-corrected chi connectivity index (χ2v) is 5.08. The fourth-order valence-electron chi connectivity index (χ4n) is 1.68. The summed E-state index contributed by atoms with van der Waals surface area (Å²) in [5.41, 5.74) is 0.985. The number of amides is 1. The van der Waals surface area contributed by atoms with Gasteiger partial charge in [0, 0.05) is 11.8 Å². The Bertz CT molecular complexity index is 354. The number of carbonyl (C=O) groups is 1. The Balaban J connectivity index is 2.32. The summed E-state index contributed by atoms with van der Waals surface area (Å²) in [6.45, 7) is 4.54. The van der Waals surface area contributed by atoms with Crippen LogP contribution < -0.4 is 5.32 Å². The normalized spacial score (nSPS) is 12.2. The summed E-state index contributed by atoms with van der Waals surface area (Å²) in [6, 6.07) is 9.70. The predicted molar refractivity (Wildman–Crippen MR) is 76.9 cm³/mol. The van der Waals surface area contributed by atoms with E-state index in [0.717, 1.165) is 12.0 Å². The summed E-state index contributed by atoms with van der Waals surface area (Å²) >= 11 is 4.23. The van der Waals surface area contributed by atoms with E-state index in [1.807, 2.05) is 30.3 Å². The minimum absolute atomic E-state index is 0.0663. The van der Waals surface area contributed by atoms with Crippen LogP contribution in [0.5, 0.6) is 0 Å². The van der Waals surface area contributed by atoms with Crippen molar-refractivity contribution in [2.45, 2.75) is 32.9 Å². The van der Waals surface area contributed by atoms with E-state index in [2.05, 4.69) is 31.8 Å². The Morgan fingerprint density at radius 2 is 2.00 bits per heavy atom. The Morgan fingerprint density at radius 3 is 2.56 bits per heavy atom. The number of hydrogen-bond acceptors (Lipinski definition) is 3. The highest BCUT2D eigenvalue weighted by Gasteiger charge is 2.13. The number of nitrogens with one attached hydrogen (secondary N) is 1. The van der Waals surface area contributed by atoms with Crippen LogP contribution in [-0.2, 0) is 11.3 Å². The molecule has 0 saturated carbocycles. The third-order valence-corrected chi connectivity index (χ3v) is 2.95. The maximum absolute atomic E-state index is 11.6. The molecule has 1 N–H and O–H groups in total. The zero-order valence-corrected chi connectivity index (χ0v) is 11.8. The number of alkyl carbamates (subject to hydrolysis) is 1. The van der Waals surface area contributed by atoms with Gasteiger partial charge in [0.15, 0.2) is 0 Å². The van der Waals surface area contributed by atoms with Crippen LogP contribution in [0.25, 0.3) is 0 Å². The van der Waals surface area contributed by atoms with Gasteiger partial charge in [-0.05, 0) is 17.9 Å². The standard InChI is InChI=1S/C14H21NO2S/c1-11(2)8-13(10-18)15-14(16)17-9-12-6-4-3-5-7-12/h3-7,11,13,18H,8-10H2,1-2H3,(H,15,16)/t13-/m0/s1. The van der Waals surface area contributed by atoms with Gasteiger partial charge < -0.3 is 10.1 Å². The van der Waals surface area contributed by atoms with E-state index in [9.17, 15) is 4.79 Å². The van der Waals surface area contributed by atoms with Crippen LogP contribution in [0, 0.1) is 5.92 Å². The van der Waals surface area contributed by atoms with E-state index >= 15 is 0 Å². The largest absolute Gasteiger partial charge is 0.445 e. The van der Waals surface area contributed by atoms with E-state index in [1.54, 1.807) is 0 Å². The molecule has 1 rings (SSSR count). The first-order valence-corrected chi connectivity index (χ1v) is 6.83. The highest BCUT2D eigenvalue weighted by atomic mass is 32.1. The molecular weight excluding hydrogens is 246 g/mol. The van der Waals surface area contributed by atoms with E-state index in [4.69, 9.17) is 4.74 Å². The number of carbonyl (C=O) groups excluding carboxylic acids is 1. The van der Waals surface area contributed by atoms with Crippen LogP contribution in [0.1, 0.15) is 25.8 Å². The number of hydrogen-bond donors (Lipinski definition) is 2. The molecule has 100 valence electrons. The predicted octanol–water partition coefficient (Wildman–Crippen LogP) is 3.26. The first kappa shape index (κ1) is 14.9. The second-order valence-electron chi connectivity index (χ2n) is 4.72. The zero-order chi connectivity index (χ0) is 13.4. The summed E-state index contributed by atoms with van der Waals surface area (Å²) in [5.74, 6) is 1.15. The number of thiol groups is 1. The summed E-state index contributed by atoms with van der Waals surface area (Å²) in [6.07, 6.45) is 0.530. The molecule has 1 aromatic rings. The number of benzene rings is 1. The molecule has 1 atom stereocenters. The molecule has 3 nitrogen and oxygen atoms in total. The lowest BCUT2D eigenvalue weighted by molar-refractivity contribution is 0.135. The smallest absolute Gasteiger partial charge is 0.407 e. The van der Waals surface area contributed by atoms with E-state index in [1.165, 1.54) is 0 Å². The lowest BCUT2D eigenvalue weighted by Crippen LogP contribution is -2.37. The lowest BCUT2D eigenvalue weighted by Gasteiger charge is -2.18. The van der Waals surface area contributed by atoms with Gasteiger partial charge in [-0.1, -0.05) is 44.2 Å². The quantitative estimate of drug-likeness (QED) is 0.776. The van der Waals surface area contributed by atoms with Crippen LogP contribution in [0.4, 0.5) is 4.79 Å². The molecule has 1 aromatic carbocycles. The molecular formula is C14H21NO2S. The highest BCUT2D eigenvalue weighted by molar-refractivity contribution is 7.80. The summed E-state index contributed by atoms with van der Waals surface area (Å²) in [4.78, 5) is 11.6. The maximum atomic E-state index is 11.6. The van der Waals surface area contributed by atoms with E-state index in [-0.39, 0.29) is 12.1 Å². The van der Waals surface area contributed by atoms with Crippen LogP contribution in [-0.4, -0.2) is 17.9 Å². The molecule has 4 heteroatoms. The Hall–Kier alpha value is -1.16. The summed E-state index contributed by atoms with van der Waals surface area (Å²) < 4.78 is 5.16. The monoisotopic (exact) mass is 267 g/mol. The molecule has 1 amide bonds. The average molecular weight is 267 g/mol. The highest BCUT2D eigenvalue weighted by Crippen LogP contribution is 2.07. The van der Waals surface area contributed by atoms with Gasteiger partial charge in [-0.2, -0.15) is 12.6 Å². The van der Waals surface area contributed by atoms with Crippen molar-refractivity contribution >= 4 is 18.7 Å². The fraction of sp³-hybridized carbons (Fsp3) is 0.500. The minimum Gasteiger partial charge on any atom is -0.445 e. The van der Waals surface area contributed by atoms with Gasteiger partial charge in [0.1, 0.15) is 6.61 Å². The van der Waals surface area contributed by atoms with Gasteiger partial charge in [0.2, 0.25) is 0 Å². The van der Waals surface area contributed by atoms with Crippen LogP contribution in [0.3, 0.4) is 0 Å². The molecule has 0 unspecified atom stereocenters.